The highest BCUT2D eigenvalue weighted by Crippen LogP contribution is 2.34. The van der Waals surface area contributed by atoms with Gasteiger partial charge in [0.2, 0.25) is 5.88 Å². The van der Waals surface area contributed by atoms with Gasteiger partial charge in [-0.15, -0.1) is 0 Å². The summed E-state index contributed by atoms with van der Waals surface area (Å²) in [6.45, 7) is 3.91. The lowest BCUT2D eigenvalue weighted by atomic mass is 10.1. The second-order valence-corrected chi connectivity index (χ2v) is 10.7. The van der Waals surface area contributed by atoms with Crippen molar-refractivity contribution in [3.05, 3.63) is 70.9 Å². The Kier molecular flexibility index (Phi) is 9.53. The van der Waals surface area contributed by atoms with E-state index in [-0.39, 0.29) is 23.6 Å². The van der Waals surface area contributed by atoms with Crippen LogP contribution in [0.4, 0.5) is 15.8 Å². The normalized spacial score (nSPS) is 17.2. The number of hydrogen-bond acceptors (Lipinski definition) is 8. The molecule has 0 radical (unpaired) electrons. The highest BCUT2D eigenvalue weighted by molar-refractivity contribution is 6.33. The first-order valence-electron chi connectivity index (χ1n) is 13.8. The number of methoxy groups -OCH3 is 1. The van der Waals surface area contributed by atoms with Gasteiger partial charge in [0.25, 0.3) is 0 Å². The predicted molar refractivity (Wildman–Crippen MR) is 162 cm³/mol. The second-order valence-electron chi connectivity index (χ2n) is 10.3. The van der Waals surface area contributed by atoms with E-state index in [9.17, 15) is 4.39 Å². The summed E-state index contributed by atoms with van der Waals surface area (Å²) in [7, 11) is 1.63. The SMILES string of the molecule is COCCOCCOc1cc(C)c(-c2cc3c(NC4CCC(N)C4)c(/C(N)=N/c4cc(F)ccc4Cl)cnn3c2)cn1. The van der Waals surface area contributed by atoms with E-state index in [1.165, 1.54) is 18.2 Å². The van der Waals surface area contributed by atoms with Crippen molar-refractivity contribution in [3.8, 4) is 17.0 Å². The average Bonchev–Trinajstić information content (AvgIpc) is 3.58. The van der Waals surface area contributed by atoms with Crippen LogP contribution in [0.1, 0.15) is 30.4 Å². The molecule has 1 fully saturated rings. The van der Waals surface area contributed by atoms with Gasteiger partial charge < -0.3 is 31.0 Å². The molecular formula is C30H35ClFN7O3. The molecule has 2 atom stereocenters. The van der Waals surface area contributed by atoms with Gasteiger partial charge in [0.1, 0.15) is 18.3 Å². The molecule has 1 saturated carbocycles. The van der Waals surface area contributed by atoms with Gasteiger partial charge in [-0.2, -0.15) is 5.10 Å². The Labute approximate surface area is 248 Å². The molecule has 2 unspecified atom stereocenters. The van der Waals surface area contributed by atoms with Gasteiger partial charge in [0.05, 0.1) is 53.5 Å². The Bertz CT molecular complexity index is 1580. The number of halogens is 2. The summed E-state index contributed by atoms with van der Waals surface area (Å²) in [6, 6.07) is 8.20. The number of ether oxygens (including phenoxy) is 3. The van der Waals surface area contributed by atoms with E-state index < -0.39 is 5.82 Å². The molecule has 5 N–H and O–H groups in total. The Balaban J connectivity index is 1.46. The van der Waals surface area contributed by atoms with Gasteiger partial charge in [-0.05, 0) is 49.9 Å². The van der Waals surface area contributed by atoms with Gasteiger partial charge in [-0.25, -0.2) is 18.9 Å². The number of nitrogens with one attached hydrogen (secondary N) is 1. The molecule has 1 aromatic carbocycles. The lowest BCUT2D eigenvalue weighted by Crippen LogP contribution is -2.24. The van der Waals surface area contributed by atoms with Gasteiger partial charge in [0.15, 0.2) is 0 Å². The summed E-state index contributed by atoms with van der Waals surface area (Å²) in [5, 5.41) is 8.55. The van der Waals surface area contributed by atoms with Crippen molar-refractivity contribution in [2.75, 3.05) is 38.9 Å². The number of nitrogens with two attached hydrogens (primary N) is 2. The smallest absolute Gasteiger partial charge is 0.213 e. The highest BCUT2D eigenvalue weighted by Gasteiger charge is 2.25. The number of aliphatic imine (C=N–C) groups is 1. The van der Waals surface area contributed by atoms with Crippen LogP contribution in [0, 0.1) is 12.7 Å². The number of benzene rings is 1. The number of aromatic nitrogens is 3. The number of aryl methyl sites for hydroxylation is 1. The third-order valence-corrected chi connectivity index (χ3v) is 7.51. The van der Waals surface area contributed by atoms with Gasteiger partial charge in [-0.1, -0.05) is 11.6 Å². The van der Waals surface area contributed by atoms with Crippen LogP contribution in [0.15, 0.2) is 53.9 Å². The zero-order chi connectivity index (χ0) is 29.6. The van der Waals surface area contributed by atoms with Gasteiger partial charge in [-0.3, -0.25) is 0 Å². The van der Waals surface area contributed by atoms with E-state index in [0.29, 0.717) is 42.9 Å². The van der Waals surface area contributed by atoms with Crippen LogP contribution >= 0.6 is 11.6 Å². The third kappa shape index (κ3) is 6.99. The van der Waals surface area contributed by atoms with Crippen molar-refractivity contribution in [2.24, 2.45) is 16.5 Å². The minimum absolute atomic E-state index is 0.134. The predicted octanol–water partition coefficient (Wildman–Crippen LogP) is 4.87. The van der Waals surface area contributed by atoms with Crippen LogP contribution in [-0.2, 0) is 9.47 Å². The molecule has 0 amide bonds. The Morgan fingerprint density at radius 2 is 2.00 bits per heavy atom. The molecule has 42 heavy (non-hydrogen) atoms. The van der Waals surface area contributed by atoms with Gasteiger partial charge in [0, 0.05) is 54.8 Å². The summed E-state index contributed by atoms with van der Waals surface area (Å²) in [5.74, 6) is 0.233. The summed E-state index contributed by atoms with van der Waals surface area (Å²) >= 11 is 6.26. The van der Waals surface area contributed by atoms with E-state index in [1.54, 1.807) is 24.0 Å². The molecule has 3 heterocycles. The number of anilines is 1. The zero-order valence-electron chi connectivity index (χ0n) is 23.6. The maximum absolute atomic E-state index is 13.9. The molecule has 0 spiro atoms. The molecule has 10 nitrogen and oxygen atoms in total. The van der Waals surface area contributed by atoms with E-state index in [1.807, 2.05) is 25.3 Å². The maximum atomic E-state index is 13.9. The van der Waals surface area contributed by atoms with E-state index >= 15 is 0 Å². The minimum atomic E-state index is -0.454. The molecule has 0 saturated heterocycles. The fourth-order valence-electron chi connectivity index (χ4n) is 5.02. The first kappa shape index (κ1) is 29.7. The summed E-state index contributed by atoms with van der Waals surface area (Å²) < 4.78 is 31.9. The number of pyridine rings is 1. The van der Waals surface area contributed by atoms with Crippen molar-refractivity contribution in [2.45, 2.75) is 38.3 Å². The molecule has 5 rings (SSSR count). The van der Waals surface area contributed by atoms with Crippen molar-refractivity contribution >= 4 is 34.3 Å². The fraction of sp³-hybridized carbons (Fsp3) is 0.367. The number of nitrogens with zero attached hydrogens (tertiary/aromatic N) is 4. The minimum Gasteiger partial charge on any atom is -0.475 e. The number of hydrogen-bond donors (Lipinski definition) is 3. The van der Waals surface area contributed by atoms with Crippen LogP contribution in [0.5, 0.6) is 5.88 Å². The quantitative estimate of drug-likeness (QED) is 0.120. The summed E-state index contributed by atoms with van der Waals surface area (Å²) in [6.07, 6.45) is 8.07. The van der Waals surface area contributed by atoms with Gasteiger partial charge >= 0.3 is 0 Å². The van der Waals surface area contributed by atoms with Crippen molar-refractivity contribution in [1.82, 2.24) is 14.6 Å². The maximum Gasteiger partial charge on any atom is 0.213 e. The van der Waals surface area contributed by atoms with E-state index in [0.717, 1.165) is 47.2 Å². The molecule has 0 bridgehead atoms. The lowest BCUT2D eigenvalue weighted by Gasteiger charge is -2.18. The topological polar surface area (TPSA) is 134 Å². The van der Waals surface area contributed by atoms with Crippen molar-refractivity contribution in [3.63, 3.8) is 0 Å². The van der Waals surface area contributed by atoms with Crippen LogP contribution in [0.3, 0.4) is 0 Å². The number of rotatable bonds is 12. The van der Waals surface area contributed by atoms with Crippen LogP contribution in [0.25, 0.3) is 16.6 Å². The molecule has 1 aliphatic rings. The van der Waals surface area contributed by atoms with Crippen LogP contribution in [0.2, 0.25) is 5.02 Å². The largest absolute Gasteiger partial charge is 0.475 e. The molecule has 1 aliphatic carbocycles. The first-order valence-corrected chi connectivity index (χ1v) is 14.2. The van der Waals surface area contributed by atoms with E-state index in [4.69, 9.17) is 37.3 Å². The monoisotopic (exact) mass is 595 g/mol. The standard InChI is InChI=1S/C30H35ClFN7O3/c1-18-11-28(42-10-9-41-8-7-40-2)35-15-23(18)19-12-27-29(37-22-5-4-21(33)14-22)24(16-36-39(27)17-19)30(34)38-26-13-20(32)3-6-25(26)31/h3,6,11-13,15-17,21-22,37H,4-5,7-10,14,33H2,1-2H3,(H2,34,38). The Morgan fingerprint density at radius 1 is 1.17 bits per heavy atom. The molecule has 3 aromatic heterocycles. The molecular weight excluding hydrogens is 561 g/mol. The van der Waals surface area contributed by atoms with Crippen LogP contribution in [-0.4, -0.2) is 66.1 Å². The van der Waals surface area contributed by atoms with Crippen molar-refractivity contribution < 1.29 is 18.6 Å². The molecule has 0 aliphatic heterocycles. The molecule has 222 valence electrons. The molecule has 12 heteroatoms. The third-order valence-electron chi connectivity index (χ3n) is 7.19. The number of fused-ring (bicyclic) bond motifs is 1. The van der Waals surface area contributed by atoms with E-state index in [2.05, 4.69) is 20.4 Å². The first-order chi connectivity index (χ1) is 20.3. The lowest BCUT2D eigenvalue weighted by molar-refractivity contribution is 0.0537. The van der Waals surface area contributed by atoms with Crippen molar-refractivity contribution in [1.29, 1.82) is 0 Å². The Hall–Kier alpha value is -3.77. The molecule has 4 aromatic rings. The van der Waals surface area contributed by atoms with Crippen LogP contribution < -0.4 is 21.5 Å². The highest BCUT2D eigenvalue weighted by atomic mass is 35.5. The fourth-order valence-corrected chi connectivity index (χ4v) is 5.18. The zero-order valence-corrected chi connectivity index (χ0v) is 24.4. The number of amidine groups is 1. The summed E-state index contributed by atoms with van der Waals surface area (Å²) in [4.78, 5) is 8.95. The summed E-state index contributed by atoms with van der Waals surface area (Å²) in [5.41, 5.74) is 17.9. The Morgan fingerprint density at radius 3 is 2.76 bits per heavy atom. The average molecular weight is 596 g/mol. The second kappa shape index (κ2) is 13.5.